The van der Waals surface area contributed by atoms with Gasteiger partial charge < -0.3 is 15.2 Å². The largest absolute Gasteiger partial charge is 0.357 e. The Morgan fingerprint density at radius 3 is 2.68 bits per heavy atom. The molecule has 2 amide bonds. The number of likely N-dealkylation sites (tertiary alicyclic amines) is 1. The van der Waals surface area contributed by atoms with Crippen molar-refractivity contribution in [3.05, 3.63) is 34.5 Å². The van der Waals surface area contributed by atoms with E-state index in [1.807, 2.05) is 43.9 Å². The van der Waals surface area contributed by atoms with Gasteiger partial charge in [0.05, 0.1) is 6.54 Å². The Morgan fingerprint density at radius 2 is 2.05 bits per heavy atom. The minimum Gasteiger partial charge on any atom is -0.357 e. The number of aromatic amines is 1. The van der Waals surface area contributed by atoms with Gasteiger partial charge in [-0.2, -0.15) is 0 Å². The molecule has 2 heterocycles. The van der Waals surface area contributed by atoms with Gasteiger partial charge in [0.2, 0.25) is 0 Å². The number of aryl methyl sites for hydroxylation is 1. The highest BCUT2D eigenvalue weighted by Crippen LogP contribution is 2.24. The second kappa shape index (κ2) is 7.05. The highest BCUT2D eigenvalue weighted by molar-refractivity contribution is 6.32. The van der Waals surface area contributed by atoms with Crippen LogP contribution in [0.3, 0.4) is 0 Å². The standard InChI is InChI=1S/C15H18ClN3O.C2H6/c1-9-7-19(8-9)15(20)17-6-12-4-11-5-13(16)10(2)3-14(11)18-12;1-2/h3-5,9,18H,6-8H2,1-2H3,(H,17,20);1-2H3. The van der Waals surface area contributed by atoms with Crippen molar-refractivity contribution in [2.24, 2.45) is 5.92 Å². The normalized spacial score (nSPS) is 14.3. The SMILES string of the molecule is CC.Cc1cc2[nH]c(CNC(=O)N3CC(C)C3)cc2cc1Cl. The number of amides is 2. The molecule has 0 atom stereocenters. The molecule has 1 saturated heterocycles. The first-order chi connectivity index (χ1) is 10.5. The predicted molar refractivity (Wildman–Crippen MR) is 92.4 cm³/mol. The molecular weight excluding hydrogens is 298 g/mol. The van der Waals surface area contributed by atoms with E-state index in [1.165, 1.54) is 0 Å². The van der Waals surface area contributed by atoms with Crippen molar-refractivity contribution in [3.63, 3.8) is 0 Å². The average Bonchev–Trinajstić information content (AvgIpc) is 2.86. The lowest BCUT2D eigenvalue weighted by Gasteiger charge is -2.36. The fraction of sp³-hybridized carbons (Fsp3) is 0.471. The zero-order chi connectivity index (χ0) is 16.3. The van der Waals surface area contributed by atoms with Gasteiger partial charge in [-0.15, -0.1) is 0 Å². The van der Waals surface area contributed by atoms with Crippen LogP contribution in [0.25, 0.3) is 10.9 Å². The van der Waals surface area contributed by atoms with Crippen LogP contribution in [0.5, 0.6) is 0 Å². The lowest BCUT2D eigenvalue weighted by molar-refractivity contribution is 0.129. The Morgan fingerprint density at radius 1 is 1.36 bits per heavy atom. The highest BCUT2D eigenvalue weighted by atomic mass is 35.5. The van der Waals surface area contributed by atoms with Crippen molar-refractivity contribution >= 4 is 28.5 Å². The summed E-state index contributed by atoms with van der Waals surface area (Å²) in [5.74, 6) is 0.624. The smallest absolute Gasteiger partial charge is 0.317 e. The van der Waals surface area contributed by atoms with Crippen LogP contribution in [0.1, 0.15) is 32.0 Å². The number of halogens is 1. The van der Waals surface area contributed by atoms with E-state index in [0.717, 1.165) is 40.3 Å². The van der Waals surface area contributed by atoms with E-state index in [9.17, 15) is 4.79 Å². The molecule has 0 radical (unpaired) electrons. The van der Waals surface area contributed by atoms with E-state index < -0.39 is 0 Å². The Hall–Kier alpha value is -1.68. The number of hydrogen-bond donors (Lipinski definition) is 2. The Kier molecular flexibility index (Phi) is 5.35. The second-order valence-electron chi connectivity index (χ2n) is 5.65. The Labute approximate surface area is 136 Å². The minimum atomic E-state index is 0.0102. The first kappa shape index (κ1) is 16.7. The number of carbonyl (C=O) groups excluding carboxylic acids is 1. The van der Waals surface area contributed by atoms with Crippen molar-refractivity contribution in [1.29, 1.82) is 0 Å². The summed E-state index contributed by atoms with van der Waals surface area (Å²) < 4.78 is 0. The van der Waals surface area contributed by atoms with E-state index in [-0.39, 0.29) is 6.03 Å². The monoisotopic (exact) mass is 321 g/mol. The zero-order valence-corrected chi connectivity index (χ0v) is 14.4. The third-order valence-corrected chi connectivity index (χ3v) is 4.14. The summed E-state index contributed by atoms with van der Waals surface area (Å²) in [5, 5.41) is 4.77. The molecule has 0 saturated carbocycles. The van der Waals surface area contributed by atoms with E-state index in [4.69, 9.17) is 11.6 Å². The molecule has 1 aliphatic heterocycles. The molecule has 4 nitrogen and oxygen atoms in total. The fourth-order valence-corrected chi connectivity index (χ4v) is 2.74. The molecule has 2 N–H and O–H groups in total. The van der Waals surface area contributed by atoms with Crippen LogP contribution in [0.15, 0.2) is 18.2 Å². The Bertz CT molecular complexity index is 620. The lowest BCUT2D eigenvalue weighted by atomic mass is 10.0. The second-order valence-corrected chi connectivity index (χ2v) is 6.06. The van der Waals surface area contributed by atoms with Crippen LogP contribution in [0, 0.1) is 12.8 Å². The number of nitrogens with one attached hydrogen (secondary N) is 2. The molecule has 22 heavy (non-hydrogen) atoms. The van der Waals surface area contributed by atoms with Crippen LogP contribution in [-0.4, -0.2) is 29.0 Å². The predicted octanol–water partition coefficient (Wildman–Crippen LogP) is 4.32. The topological polar surface area (TPSA) is 48.1 Å². The number of benzene rings is 1. The number of fused-ring (bicyclic) bond motifs is 1. The van der Waals surface area contributed by atoms with Gasteiger partial charge in [0.1, 0.15) is 0 Å². The third-order valence-electron chi connectivity index (χ3n) is 3.74. The summed E-state index contributed by atoms with van der Waals surface area (Å²) in [7, 11) is 0. The summed E-state index contributed by atoms with van der Waals surface area (Å²) in [6.07, 6.45) is 0. The van der Waals surface area contributed by atoms with Crippen molar-refractivity contribution in [2.75, 3.05) is 13.1 Å². The first-order valence-electron chi connectivity index (χ1n) is 7.83. The fourth-order valence-electron chi connectivity index (χ4n) is 2.56. The highest BCUT2D eigenvalue weighted by Gasteiger charge is 2.26. The van der Waals surface area contributed by atoms with E-state index in [2.05, 4.69) is 17.2 Å². The van der Waals surface area contributed by atoms with Gasteiger partial charge in [0.25, 0.3) is 0 Å². The lowest BCUT2D eigenvalue weighted by Crippen LogP contribution is -2.52. The molecule has 0 unspecified atom stereocenters. The van der Waals surface area contributed by atoms with Crippen molar-refractivity contribution in [3.8, 4) is 0 Å². The summed E-state index contributed by atoms with van der Waals surface area (Å²) in [4.78, 5) is 17.0. The van der Waals surface area contributed by atoms with Crippen molar-refractivity contribution in [1.82, 2.24) is 15.2 Å². The molecular formula is C17H24ClN3O. The quantitative estimate of drug-likeness (QED) is 0.850. The number of carbonyl (C=O) groups is 1. The minimum absolute atomic E-state index is 0.0102. The first-order valence-corrected chi connectivity index (χ1v) is 8.21. The van der Waals surface area contributed by atoms with Gasteiger partial charge in [0, 0.05) is 34.7 Å². The summed E-state index contributed by atoms with van der Waals surface area (Å²) >= 11 is 6.12. The number of urea groups is 1. The van der Waals surface area contributed by atoms with Crippen LogP contribution < -0.4 is 5.32 Å². The van der Waals surface area contributed by atoms with Crippen molar-refractivity contribution in [2.45, 2.75) is 34.2 Å². The molecule has 3 rings (SSSR count). The number of nitrogens with zero attached hydrogens (tertiary/aromatic N) is 1. The van der Waals surface area contributed by atoms with E-state index >= 15 is 0 Å². The third kappa shape index (κ3) is 3.55. The van der Waals surface area contributed by atoms with Crippen molar-refractivity contribution < 1.29 is 4.79 Å². The van der Waals surface area contributed by atoms with Gasteiger partial charge in [-0.1, -0.05) is 32.4 Å². The maximum atomic E-state index is 11.8. The molecule has 0 aliphatic carbocycles. The molecule has 2 aromatic rings. The molecule has 1 aromatic heterocycles. The van der Waals surface area contributed by atoms with Gasteiger partial charge >= 0.3 is 6.03 Å². The zero-order valence-electron chi connectivity index (χ0n) is 13.7. The van der Waals surface area contributed by atoms with Crippen LogP contribution >= 0.6 is 11.6 Å². The van der Waals surface area contributed by atoms with Crippen LogP contribution in [0.4, 0.5) is 4.79 Å². The maximum Gasteiger partial charge on any atom is 0.317 e. The van der Waals surface area contributed by atoms with Gasteiger partial charge in [-0.25, -0.2) is 4.79 Å². The molecule has 1 aliphatic rings. The molecule has 120 valence electrons. The maximum absolute atomic E-state index is 11.8. The molecule has 1 fully saturated rings. The summed E-state index contributed by atoms with van der Waals surface area (Å²) in [5.41, 5.74) is 3.09. The van der Waals surface area contributed by atoms with Crippen LogP contribution in [0.2, 0.25) is 5.02 Å². The molecule has 0 bridgehead atoms. The summed E-state index contributed by atoms with van der Waals surface area (Å²) in [6.45, 7) is 10.3. The van der Waals surface area contributed by atoms with E-state index in [1.54, 1.807) is 0 Å². The van der Waals surface area contributed by atoms with Gasteiger partial charge in [-0.05, 0) is 36.6 Å². The van der Waals surface area contributed by atoms with Crippen LogP contribution in [-0.2, 0) is 6.54 Å². The van der Waals surface area contributed by atoms with Gasteiger partial charge in [0.15, 0.2) is 0 Å². The van der Waals surface area contributed by atoms with Gasteiger partial charge in [-0.3, -0.25) is 0 Å². The Balaban J connectivity index is 0.000000847. The molecule has 5 heteroatoms. The molecule has 1 aromatic carbocycles. The number of hydrogen-bond acceptors (Lipinski definition) is 1. The average molecular weight is 322 g/mol. The van der Waals surface area contributed by atoms with E-state index in [0.29, 0.717) is 12.5 Å². The molecule has 0 spiro atoms. The number of aromatic nitrogens is 1. The number of H-pyrrole nitrogens is 1. The number of rotatable bonds is 2. The summed E-state index contributed by atoms with van der Waals surface area (Å²) in [6, 6.07) is 6.02.